The van der Waals surface area contributed by atoms with Gasteiger partial charge in [-0.2, -0.15) is 4.31 Å². The van der Waals surface area contributed by atoms with Gasteiger partial charge in [0, 0.05) is 32.2 Å². The number of halogens is 1. The molecule has 3 aromatic rings. The van der Waals surface area contributed by atoms with E-state index in [1.807, 2.05) is 30.3 Å². The van der Waals surface area contributed by atoms with Crippen LogP contribution in [-0.2, 0) is 10.0 Å². The van der Waals surface area contributed by atoms with E-state index in [4.69, 9.17) is 4.74 Å². The summed E-state index contributed by atoms with van der Waals surface area (Å²) in [5, 5.41) is 1.98. The van der Waals surface area contributed by atoms with Gasteiger partial charge < -0.3 is 9.64 Å². The third-order valence-corrected chi connectivity index (χ3v) is 8.80. The van der Waals surface area contributed by atoms with Gasteiger partial charge in [-0.05, 0) is 60.7 Å². The van der Waals surface area contributed by atoms with E-state index in [1.165, 1.54) is 6.07 Å². The van der Waals surface area contributed by atoms with Gasteiger partial charge in [0.1, 0.15) is 6.10 Å². The lowest BCUT2D eigenvalue weighted by atomic mass is 10.00. The van der Waals surface area contributed by atoms with Gasteiger partial charge in [0.2, 0.25) is 10.0 Å². The number of hydrogen-bond donors (Lipinski definition) is 0. The molecule has 5 nitrogen and oxygen atoms in total. The number of sulfonamides is 1. The lowest BCUT2D eigenvalue weighted by Gasteiger charge is -2.41. The minimum atomic E-state index is -3.50. The van der Waals surface area contributed by atoms with E-state index in [1.54, 1.807) is 34.6 Å². The Morgan fingerprint density at radius 2 is 1.45 bits per heavy atom. The van der Waals surface area contributed by atoms with E-state index in [0.29, 0.717) is 29.8 Å². The van der Waals surface area contributed by atoms with Crippen molar-refractivity contribution in [3.8, 4) is 5.75 Å². The molecule has 0 spiro atoms. The molecule has 0 unspecified atom stereocenters. The van der Waals surface area contributed by atoms with Crippen molar-refractivity contribution in [2.45, 2.75) is 42.7 Å². The Morgan fingerprint density at radius 3 is 2.18 bits per heavy atom. The second kappa shape index (κ2) is 9.41. The van der Waals surface area contributed by atoms with Gasteiger partial charge in [0.15, 0.2) is 11.6 Å². The summed E-state index contributed by atoms with van der Waals surface area (Å²) in [5.41, 5.74) is 0. The smallest absolute Gasteiger partial charge is 0.243 e. The Labute approximate surface area is 194 Å². The number of rotatable bonds is 5. The highest BCUT2D eigenvalue weighted by molar-refractivity contribution is 7.89. The molecule has 2 saturated heterocycles. The number of hydrogen-bond acceptors (Lipinski definition) is 4. The summed E-state index contributed by atoms with van der Waals surface area (Å²) in [4.78, 5) is 2.81. The predicted molar refractivity (Wildman–Crippen MR) is 127 cm³/mol. The van der Waals surface area contributed by atoms with E-state index >= 15 is 0 Å². The molecule has 0 atom stereocenters. The molecule has 0 aliphatic carbocycles. The van der Waals surface area contributed by atoms with Crippen LogP contribution in [0.15, 0.2) is 71.6 Å². The standard InChI is InChI=1S/C26H29FN2O3S/c27-25-7-3-4-8-26(25)32-23-13-15-28(16-14-23)22-11-17-29(18-12-22)33(30,31)24-10-9-20-5-1-2-6-21(20)19-24/h1-10,19,22-23H,11-18H2. The lowest BCUT2D eigenvalue weighted by Crippen LogP contribution is -2.50. The van der Waals surface area contributed by atoms with E-state index in [-0.39, 0.29) is 11.9 Å². The third kappa shape index (κ3) is 4.76. The number of para-hydroxylation sites is 1. The molecule has 33 heavy (non-hydrogen) atoms. The zero-order valence-corrected chi connectivity index (χ0v) is 19.4. The Bertz CT molecular complexity index is 1220. The van der Waals surface area contributed by atoms with E-state index in [2.05, 4.69) is 4.90 Å². The predicted octanol–water partition coefficient (Wildman–Crippen LogP) is 4.68. The SMILES string of the molecule is O=S(=O)(c1ccc2ccccc2c1)N1CCC(N2CCC(Oc3ccccc3F)CC2)CC1. The average molecular weight is 469 g/mol. The van der Waals surface area contributed by atoms with Crippen molar-refractivity contribution in [3.05, 3.63) is 72.5 Å². The first-order valence-electron chi connectivity index (χ1n) is 11.6. The molecular formula is C26H29FN2O3S. The lowest BCUT2D eigenvalue weighted by molar-refractivity contribution is 0.0568. The molecule has 0 radical (unpaired) electrons. The third-order valence-electron chi connectivity index (χ3n) is 6.91. The van der Waals surface area contributed by atoms with Crippen molar-refractivity contribution in [3.63, 3.8) is 0 Å². The molecule has 0 N–H and O–H groups in total. The summed E-state index contributed by atoms with van der Waals surface area (Å²) in [5.74, 6) is 0.00285. The van der Waals surface area contributed by atoms with Crippen molar-refractivity contribution in [2.24, 2.45) is 0 Å². The molecule has 2 fully saturated rings. The molecule has 0 aromatic heterocycles. The Balaban J connectivity index is 1.16. The second-order valence-corrected chi connectivity index (χ2v) is 10.9. The Hall–Kier alpha value is -2.48. The first kappa shape index (κ1) is 22.3. The molecule has 174 valence electrons. The maximum atomic E-state index is 13.9. The number of nitrogens with zero attached hydrogens (tertiary/aromatic N) is 2. The van der Waals surface area contributed by atoms with Gasteiger partial charge in [-0.1, -0.05) is 42.5 Å². The maximum Gasteiger partial charge on any atom is 0.243 e. The highest BCUT2D eigenvalue weighted by Crippen LogP contribution is 2.28. The van der Waals surface area contributed by atoms with E-state index < -0.39 is 10.0 Å². The topological polar surface area (TPSA) is 49.9 Å². The van der Waals surface area contributed by atoms with Gasteiger partial charge in [-0.25, -0.2) is 12.8 Å². The Morgan fingerprint density at radius 1 is 0.788 bits per heavy atom. The zero-order chi connectivity index (χ0) is 22.8. The van der Waals surface area contributed by atoms with Crippen LogP contribution in [0, 0.1) is 5.82 Å². The number of ether oxygens (including phenoxy) is 1. The minimum Gasteiger partial charge on any atom is -0.487 e. The molecule has 7 heteroatoms. The summed E-state index contributed by atoms with van der Waals surface area (Å²) < 4.78 is 47.8. The van der Waals surface area contributed by atoms with Crippen LogP contribution in [0.1, 0.15) is 25.7 Å². The van der Waals surface area contributed by atoms with Gasteiger partial charge >= 0.3 is 0 Å². The number of fused-ring (bicyclic) bond motifs is 1. The van der Waals surface area contributed by atoms with Gasteiger partial charge in [-0.3, -0.25) is 0 Å². The molecule has 0 saturated carbocycles. The van der Waals surface area contributed by atoms with E-state index in [9.17, 15) is 12.8 Å². The summed E-state index contributed by atoms with van der Waals surface area (Å²) in [7, 11) is -3.50. The molecular weight excluding hydrogens is 439 g/mol. The van der Waals surface area contributed by atoms with Crippen molar-refractivity contribution >= 4 is 20.8 Å². The molecule has 3 aromatic carbocycles. The van der Waals surface area contributed by atoms with Crippen LogP contribution in [0.4, 0.5) is 4.39 Å². The molecule has 2 aliphatic heterocycles. The van der Waals surface area contributed by atoms with E-state index in [0.717, 1.165) is 49.5 Å². The number of benzene rings is 3. The zero-order valence-electron chi connectivity index (χ0n) is 18.6. The van der Waals surface area contributed by atoms with Crippen LogP contribution in [0.5, 0.6) is 5.75 Å². The molecule has 2 heterocycles. The normalized spacial score (nSPS) is 19.7. The Kier molecular flexibility index (Phi) is 6.36. The maximum absolute atomic E-state index is 13.9. The highest BCUT2D eigenvalue weighted by atomic mass is 32.2. The van der Waals surface area contributed by atoms with Gasteiger partial charge in [-0.15, -0.1) is 0 Å². The van der Waals surface area contributed by atoms with Crippen LogP contribution < -0.4 is 4.74 Å². The van der Waals surface area contributed by atoms with Crippen molar-refractivity contribution in [1.29, 1.82) is 0 Å². The van der Waals surface area contributed by atoms with Crippen molar-refractivity contribution in [1.82, 2.24) is 9.21 Å². The van der Waals surface area contributed by atoms with Crippen molar-refractivity contribution in [2.75, 3.05) is 26.2 Å². The molecule has 0 bridgehead atoms. The largest absolute Gasteiger partial charge is 0.487 e. The van der Waals surface area contributed by atoms with Crippen LogP contribution >= 0.6 is 0 Å². The fraction of sp³-hybridized carbons (Fsp3) is 0.385. The number of piperidine rings is 2. The monoisotopic (exact) mass is 468 g/mol. The molecule has 2 aliphatic rings. The summed E-state index contributed by atoms with van der Waals surface area (Å²) in [6, 6.07) is 20.1. The minimum absolute atomic E-state index is 0.0199. The summed E-state index contributed by atoms with van der Waals surface area (Å²) in [6.45, 7) is 2.85. The van der Waals surface area contributed by atoms with Crippen LogP contribution in [-0.4, -0.2) is 55.9 Å². The first-order valence-corrected chi connectivity index (χ1v) is 13.1. The van der Waals surface area contributed by atoms with Crippen LogP contribution in [0.3, 0.4) is 0 Å². The average Bonchev–Trinajstić information content (AvgIpc) is 2.86. The summed E-state index contributed by atoms with van der Waals surface area (Å²) >= 11 is 0. The number of likely N-dealkylation sites (tertiary alicyclic amines) is 1. The van der Waals surface area contributed by atoms with Crippen LogP contribution in [0.2, 0.25) is 0 Å². The van der Waals surface area contributed by atoms with Gasteiger partial charge in [0.25, 0.3) is 0 Å². The van der Waals surface area contributed by atoms with Crippen molar-refractivity contribution < 1.29 is 17.5 Å². The molecule has 5 rings (SSSR count). The first-order chi connectivity index (χ1) is 16.0. The fourth-order valence-corrected chi connectivity index (χ4v) is 6.51. The van der Waals surface area contributed by atoms with Crippen LogP contribution in [0.25, 0.3) is 10.8 Å². The second-order valence-electron chi connectivity index (χ2n) is 8.93. The summed E-state index contributed by atoms with van der Waals surface area (Å²) in [6.07, 6.45) is 3.37. The fourth-order valence-electron chi connectivity index (χ4n) is 5.00. The van der Waals surface area contributed by atoms with Gasteiger partial charge in [0.05, 0.1) is 4.90 Å². The molecule has 0 amide bonds. The highest BCUT2D eigenvalue weighted by Gasteiger charge is 2.33. The quantitative estimate of drug-likeness (QED) is 0.546.